The molecule has 0 bridgehead atoms. The molecule has 0 atom stereocenters. The van der Waals surface area contributed by atoms with Gasteiger partial charge in [0, 0.05) is 17.2 Å². The van der Waals surface area contributed by atoms with Crippen molar-refractivity contribution in [3.8, 4) is 0 Å². The van der Waals surface area contributed by atoms with Crippen molar-refractivity contribution in [3.63, 3.8) is 0 Å². The third-order valence-electron chi connectivity index (χ3n) is 5.29. The van der Waals surface area contributed by atoms with E-state index in [2.05, 4.69) is 10.6 Å². The molecule has 0 unspecified atom stereocenters. The van der Waals surface area contributed by atoms with Gasteiger partial charge in [0.2, 0.25) is 0 Å². The summed E-state index contributed by atoms with van der Waals surface area (Å²) in [7, 11) is -1.15. The van der Waals surface area contributed by atoms with Gasteiger partial charge in [-0.05, 0) is 52.0 Å². The number of carbonyl (C=O) groups is 1. The van der Waals surface area contributed by atoms with Crippen LogP contribution in [0.1, 0.15) is 33.3 Å². The Bertz CT molecular complexity index is 995. The summed E-state index contributed by atoms with van der Waals surface area (Å²) in [6.07, 6.45) is -4.59. The average Bonchev–Trinajstić information content (AvgIpc) is 2.84. The largest absolute Gasteiger partial charge is 0.497 e. The third kappa shape index (κ3) is 4.82. The number of nitrogens with one attached hydrogen (secondary N) is 2. The molecule has 1 saturated heterocycles. The molecule has 31 heavy (non-hydrogen) atoms. The molecule has 1 heterocycles. The molecule has 0 spiro atoms. The van der Waals surface area contributed by atoms with E-state index in [1.807, 2.05) is 0 Å². The highest BCUT2D eigenvalue weighted by molar-refractivity contribution is 6.62. The van der Waals surface area contributed by atoms with Crippen LogP contribution in [0.3, 0.4) is 0 Å². The third-order valence-corrected chi connectivity index (χ3v) is 5.29. The van der Waals surface area contributed by atoms with E-state index in [4.69, 9.17) is 9.31 Å². The smallest absolute Gasteiger partial charge is 0.399 e. The molecule has 0 aliphatic carbocycles. The molecule has 11 heteroatoms. The Hall–Kier alpha value is -2.66. The second-order valence-corrected chi connectivity index (χ2v) is 8.10. The normalized spacial score (nSPS) is 17.5. The number of halogens is 5. The quantitative estimate of drug-likeness (QED) is 0.524. The van der Waals surface area contributed by atoms with Gasteiger partial charge in [0.15, 0.2) is 0 Å². The summed E-state index contributed by atoms with van der Waals surface area (Å²) in [5.41, 5.74) is -3.33. The fourth-order valence-electron chi connectivity index (χ4n) is 2.87. The number of hydrogen-bond donors (Lipinski definition) is 2. The molecule has 2 N–H and O–H groups in total. The lowest BCUT2D eigenvalue weighted by Crippen LogP contribution is -2.41. The molecule has 2 aromatic carbocycles. The van der Waals surface area contributed by atoms with Crippen molar-refractivity contribution in [2.75, 3.05) is 10.6 Å². The molecule has 0 radical (unpaired) electrons. The summed E-state index contributed by atoms with van der Waals surface area (Å²) in [6.45, 7) is 7.04. The lowest BCUT2D eigenvalue weighted by Gasteiger charge is -2.32. The van der Waals surface area contributed by atoms with Gasteiger partial charge >= 0.3 is 19.3 Å². The van der Waals surface area contributed by atoms with Crippen LogP contribution in [0.25, 0.3) is 0 Å². The van der Waals surface area contributed by atoms with Crippen molar-refractivity contribution in [2.24, 2.45) is 0 Å². The van der Waals surface area contributed by atoms with Crippen LogP contribution < -0.4 is 16.1 Å². The zero-order valence-electron chi connectivity index (χ0n) is 17.2. The van der Waals surface area contributed by atoms with Crippen LogP contribution in [-0.4, -0.2) is 24.4 Å². The predicted octanol–water partition coefficient (Wildman–Crippen LogP) is 4.93. The van der Waals surface area contributed by atoms with Crippen LogP contribution in [0.4, 0.5) is 38.1 Å². The van der Waals surface area contributed by atoms with Crippen molar-refractivity contribution in [2.45, 2.75) is 45.1 Å². The molecule has 1 aliphatic heterocycles. The van der Waals surface area contributed by atoms with E-state index in [9.17, 15) is 26.7 Å². The maximum Gasteiger partial charge on any atom is 0.497 e. The summed E-state index contributed by atoms with van der Waals surface area (Å²) in [6, 6.07) is 4.45. The SMILES string of the molecule is CC1(C)OB(c2cc(F)c(NC(=O)Nc3cccc(C(F)(F)F)c3)cc2F)OC1(C)C. The van der Waals surface area contributed by atoms with Crippen molar-refractivity contribution in [3.05, 3.63) is 53.6 Å². The maximum atomic E-state index is 14.6. The highest BCUT2D eigenvalue weighted by Crippen LogP contribution is 2.37. The standard InChI is InChI=1S/C20H20BF5N2O3/c1-18(2)19(3,4)31-21(30-18)13-9-15(23)16(10-14(13)22)28-17(29)27-12-7-5-6-11(8-12)20(24,25)26/h5-10H,1-4H3,(H2,27,28,29). The van der Waals surface area contributed by atoms with Crippen LogP contribution in [0.2, 0.25) is 0 Å². The lowest BCUT2D eigenvalue weighted by molar-refractivity contribution is -0.137. The Morgan fingerprint density at radius 2 is 1.55 bits per heavy atom. The Morgan fingerprint density at radius 1 is 0.935 bits per heavy atom. The second kappa shape index (κ2) is 7.79. The van der Waals surface area contributed by atoms with Crippen LogP contribution >= 0.6 is 0 Å². The molecule has 1 aliphatic rings. The van der Waals surface area contributed by atoms with Crippen LogP contribution in [-0.2, 0) is 15.5 Å². The zero-order chi connectivity index (χ0) is 23.2. The summed E-state index contributed by atoms with van der Waals surface area (Å²) in [5.74, 6) is -1.85. The molecule has 0 saturated carbocycles. The minimum atomic E-state index is -4.59. The highest BCUT2D eigenvalue weighted by atomic mass is 19.4. The Labute approximate surface area is 176 Å². The summed E-state index contributed by atoms with van der Waals surface area (Å²) in [4.78, 5) is 12.1. The van der Waals surface area contributed by atoms with Gasteiger partial charge in [-0.1, -0.05) is 6.07 Å². The Balaban J connectivity index is 1.75. The van der Waals surface area contributed by atoms with Gasteiger partial charge in [-0.2, -0.15) is 13.2 Å². The first-order valence-electron chi connectivity index (χ1n) is 9.29. The number of alkyl halides is 3. The monoisotopic (exact) mass is 442 g/mol. The number of hydrogen-bond acceptors (Lipinski definition) is 3. The molecule has 2 aromatic rings. The molecular weight excluding hydrogens is 422 g/mol. The summed E-state index contributed by atoms with van der Waals surface area (Å²) in [5, 5.41) is 4.23. The van der Waals surface area contributed by atoms with Crippen LogP contribution in [0.15, 0.2) is 36.4 Å². The number of carbonyl (C=O) groups excluding carboxylic acids is 1. The van der Waals surface area contributed by atoms with Crippen molar-refractivity contribution < 1.29 is 36.1 Å². The van der Waals surface area contributed by atoms with Crippen molar-refractivity contribution in [1.82, 2.24) is 0 Å². The molecule has 2 amide bonds. The first kappa shape index (κ1) is 23.0. The van der Waals surface area contributed by atoms with E-state index in [1.165, 1.54) is 6.07 Å². The van der Waals surface area contributed by atoms with Crippen LogP contribution in [0, 0.1) is 11.6 Å². The Kier molecular flexibility index (Phi) is 5.79. The minimum Gasteiger partial charge on any atom is -0.399 e. The van der Waals surface area contributed by atoms with Gasteiger partial charge in [0.1, 0.15) is 11.6 Å². The van der Waals surface area contributed by atoms with Gasteiger partial charge < -0.3 is 19.9 Å². The molecule has 0 aromatic heterocycles. The van der Waals surface area contributed by atoms with E-state index >= 15 is 0 Å². The summed E-state index contributed by atoms with van der Waals surface area (Å²) >= 11 is 0. The van der Waals surface area contributed by atoms with Crippen LogP contribution in [0.5, 0.6) is 0 Å². The maximum absolute atomic E-state index is 14.6. The molecule has 5 nitrogen and oxygen atoms in total. The first-order valence-corrected chi connectivity index (χ1v) is 9.29. The fourth-order valence-corrected chi connectivity index (χ4v) is 2.87. The minimum absolute atomic E-state index is 0.165. The number of anilines is 2. The van der Waals surface area contributed by atoms with Gasteiger partial charge in [-0.25, -0.2) is 13.6 Å². The highest BCUT2D eigenvalue weighted by Gasteiger charge is 2.52. The predicted molar refractivity (Wildman–Crippen MR) is 106 cm³/mol. The Morgan fingerprint density at radius 3 is 2.13 bits per heavy atom. The van der Waals surface area contributed by atoms with E-state index in [0.717, 1.165) is 30.3 Å². The topological polar surface area (TPSA) is 59.6 Å². The fraction of sp³-hybridized carbons (Fsp3) is 0.350. The number of amides is 2. The zero-order valence-corrected chi connectivity index (χ0v) is 17.2. The number of benzene rings is 2. The van der Waals surface area contributed by atoms with Gasteiger partial charge in [0.05, 0.1) is 22.5 Å². The number of urea groups is 1. The summed E-state index contributed by atoms with van der Waals surface area (Å²) < 4.78 is 78.9. The molecular formula is C20H20BF5N2O3. The van der Waals surface area contributed by atoms with Crippen molar-refractivity contribution in [1.29, 1.82) is 0 Å². The molecule has 3 rings (SSSR count). The average molecular weight is 442 g/mol. The molecule has 1 fully saturated rings. The van der Waals surface area contributed by atoms with Gasteiger partial charge in [0.25, 0.3) is 0 Å². The first-order chi connectivity index (χ1) is 14.2. The second-order valence-electron chi connectivity index (χ2n) is 8.10. The van der Waals surface area contributed by atoms with E-state index in [-0.39, 0.29) is 11.2 Å². The number of rotatable bonds is 3. The van der Waals surface area contributed by atoms with E-state index in [1.54, 1.807) is 27.7 Å². The van der Waals surface area contributed by atoms with Crippen molar-refractivity contribution >= 4 is 30.0 Å². The van der Waals surface area contributed by atoms with E-state index in [0.29, 0.717) is 0 Å². The van der Waals surface area contributed by atoms with Gasteiger partial charge in [-0.15, -0.1) is 0 Å². The lowest BCUT2D eigenvalue weighted by atomic mass is 9.78. The van der Waals surface area contributed by atoms with E-state index < -0.39 is 53.4 Å². The molecule has 166 valence electrons. The van der Waals surface area contributed by atoms with Gasteiger partial charge in [-0.3, -0.25) is 0 Å².